The molecule has 1 aromatic rings. The van der Waals surface area contributed by atoms with Crippen molar-refractivity contribution in [3.63, 3.8) is 0 Å². The van der Waals surface area contributed by atoms with Crippen molar-refractivity contribution < 1.29 is 19.1 Å². The highest BCUT2D eigenvalue weighted by atomic mass is 16.5. The van der Waals surface area contributed by atoms with Gasteiger partial charge in [0.2, 0.25) is 0 Å². The van der Waals surface area contributed by atoms with E-state index in [0.29, 0.717) is 22.5 Å². The van der Waals surface area contributed by atoms with Crippen LogP contribution in [-0.4, -0.2) is 24.1 Å². The van der Waals surface area contributed by atoms with Crippen LogP contribution in [0, 0.1) is 12.8 Å². The summed E-state index contributed by atoms with van der Waals surface area (Å²) >= 11 is 0. The largest absolute Gasteiger partial charge is 0.465 e. The highest BCUT2D eigenvalue weighted by Crippen LogP contribution is 2.39. The van der Waals surface area contributed by atoms with Crippen molar-refractivity contribution in [1.29, 1.82) is 0 Å². The second-order valence-corrected chi connectivity index (χ2v) is 6.47. The summed E-state index contributed by atoms with van der Waals surface area (Å²) in [7, 11) is 0. The van der Waals surface area contributed by atoms with Crippen LogP contribution < -0.4 is 4.90 Å². The first-order valence-electron chi connectivity index (χ1n) is 8.67. The zero-order chi connectivity index (χ0) is 19.6. The van der Waals surface area contributed by atoms with E-state index in [2.05, 4.69) is 0 Å². The lowest BCUT2D eigenvalue weighted by Crippen LogP contribution is -2.38. The van der Waals surface area contributed by atoms with Crippen LogP contribution in [0.2, 0.25) is 0 Å². The molecule has 5 nitrogen and oxygen atoms in total. The Morgan fingerprint density at radius 1 is 0.923 bits per heavy atom. The Hall–Kier alpha value is -2.69. The molecule has 0 radical (unpaired) electrons. The van der Waals surface area contributed by atoms with E-state index in [1.54, 1.807) is 20.8 Å². The number of allylic oxidation sites excluding steroid dienone is 2. The molecule has 138 valence electrons. The molecule has 0 N–H and O–H groups in total. The molecule has 5 heteroatoms. The maximum absolute atomic E-state index is 12.6. The fraction of sp³-hybridized carbons (Fsp3) is 0.381. The number of ketones is 2. The van der Waals surface area contributed by atoms with Crippen molar-refractivity contribution in [2.24, 2.45) is 5.92 Å². The van der Waals surface area contributed by atoms with E-state index in [-0.39, 0.29) is 18.2 Å². The minimum atomic E-state index is -0.980. The van der Waals surface area contributed by atoms with Crippen LogP contribution in [0.1, 0.15) is 40.2 Å². The molecule has 0 unspecified atom stereocenters. The van der Waals surface area contributed by atoms with E-state index in [1.807, 2.05) is 36.1 Å². The number of rotatable bonds is 5. The number of anilines is 1. The lowest BCUT2D eigenvalue weighted by molar-refractivity contribution is -0.146. The maximum Gasteiger partial charge on any atom is 0.318 e. The Balaban J connectivity index is 2.74. The van der Waals surface area contributed by atoms with Gasteiger partial charge in [-0.15, -0.1) is 0 Å². The third-order valence-corrected chi connectivity index (χ3v) is 4.60. The first-order valence-corrected chi connectivity index (χ1v) is 8.67. The minimum Gasteiger partial charge on any atom is -0.465 e. The van der Waals surface area contributed by atoms with E-state index >= 15 is 0 Å². The van der Waals surface area contributed by atoms with Gasteiger partial charge in [0.25, 0.3) is 0 Å². The van der Waals surface area contributed by atoms with E-state index in [9.17, 15) is 14.4 Å². The van der Waals surface area contributed by atoms with Gasteiger partial charge in [-0.2, -0.15) is 0 Å². The average Bonchev–Trinajstić information content (AvgIpc) is 2.55. The Morgan fingerprint density at radius 3 is 1.77 bits per heavy atom. The van der Waals surface area contributed by atoms with Crippen molar-refractivity contribution in [3.05, 3.63) is 52.4 Å². The lowest BCUT2D eigenvalue weighted by atomic mass is 9.81. The number of Topliss-reactive ketones (excluding diaryl/α,β-unsaturated/α-hetero) is 2. The molecule has 1 heterocycles. The Kier molecular flexibility index (Phi) is 5.80. The van der Waals surface area contributed by atoms with Gasteiger partial charge < -0.3 is 9.64 Å². The normalized spacial score (nSPS) is 15.4. The summed E-state index contributed by atoms with van der Waals surface area (Å²) in [5, 5.41) is 0. The summed E-state index contributed by atoms with van der Waals surface area (Å²) in [4.78, 5) is 39.3. The maximum atomic E-state index is 12.6. The fourth-order valence-electron chi connectivity index (χ4n) is 3.51. The number of esters is 1. The Morgan fingerprint density at radius 2 is 1.38 bits per heavy atom. The third-order valence-electron chi connectivity index (χ3n) is 4.60. The van der Waals surface area contributed by atoms with Crippen LogP contribution >= 0.6 is 0 Å². The quantitative estimate of drug-likeness (QED) is 0.753. The molecule has 0 bridgehead atoms. The molecule has 1 aliphatic heterocycles. The lowest BCUT2D eigenvalue weighted by Gasteiger charge is -2.37. The molecular weight excluding hydrogens is 330 g/mol. The van der Waals surface area contributed by atoms with Gasteiger partial charge in [-0.1, -0.05) is 17.7 Å². The number of hydrogen-bond acceptors (Lipinski definition) is 5. The van der Waals surface area contributed by atoms with Crippen LogP contribution in [0.4, 0.5) is 5.69 Å². The van der Waals surface area contributed by atoms with Crippen LogP contribution in [0.15, 0.2) is 46.8 Å². The number of ether oxygens (including phenoxy) is 1. The molecule has 26 heavy (non-hydrogen) atoms. The highest BCUT2D eigenvalue weighted by Gasteiger charge is 2.41. The van der Waals surface area contributed by atoms with Gasteiger partial charge in [0.1, 0.15) is 5.92 Å². The number of aryl methyl sites for hydroxylation is 1. The molecule has 2 rings (SSSR count). The van der Waals surface area contributed by atoms with Crippen LogP contribution in [0.5, 0.6) is 0 Å². The number of hydrogen-bond donors (Lipinski definition) is 0. The first kappa shape index (κ1) is 19.6. The second-order valence-electron chi connectivity index (χ2n) is 6.47. The van der Waals surface area contributed by atoms with Gasteiger partial charge in [0.15, 0.2) is 11.6 Å². The molecule has 0 amide bonds. The fourth-order valence-corrected chi connectivity index (χ4v) is 3.51. The monoisotopic (exact) mass is 355 g/mol. The topological polar surface area (TPSA) is 63.7 Å². The Labute approximate surface area is 154 Å². The standard InChI is InChI=1S/C21H25NO4/c1-7-26-21(25)20-18(15(5)23)13(3)22(14(4)19(20)16(6)24)17-10-8-12(2)9-11-17/h8-11,20H,7H2,1-6H3. The summed E-state index contributed by atoms with van der Waals surface area (Å²) in [6, 6.07) is 7.80. The third kappa shape index (κ3) is 3.47. The van der Waals surface area contributed by atoms with Gasteiger partial charge in [-0.3, -0.25) is 14.4 Å². The second kappa shape index (κ2) is 7.68. The van der Waals surface area contributed by atoms with Gasteiger partial charge >= 0.3 is 5.97 Å². The molecule has 0 spiro atoms. The molecule has 0 saturated carbocycles. The van der Waals surface area contributed by atoms with Gasteiger partial charge in [0, 0.05) is 28.2 Å². The van der Waals surface area contributed by atoms with Crippen molar-refractivity contribution in [3.8, 4) is 0 Å². The molecule has 1 aromatic carbocycles. The molecule has 0 saturated heterocycles. The summed E-state index contributed by atoms with van der Waals surface area (Å²) in [5.74, 6) is -2.04. The van der Waals surface area contributed by atoms with E-state index in [1.165, 1.54) is 13.8 Å². The van der Waals surface area contributed by atoms with Gasteiger partial charge in [0.05, 0.1) is 6.61 Å². The first-order chi connectivity index (χ1) is 12.2. The van der Waals surface area contributed by atoms with Crippen molar-refractivity contribution in [2.75, 3.05) is 11.5 Å². The van der Waals surface area contributed by atoms with Crippen LogP contribution in [0.3, 0.4) is 0 Å². The van der Waals surface area contributed by atoms with Gasteiger partial charge in [-0.25, -0.2) is 0 Å². The Bertz CT molecular complexity index is 777. The SMILES string of the molecule is CCOC(=O)C1C(C(C)=O)=C(C)N(c2ccc(C)cc2)C(C)=C1C(C)=O. The van der Waals surface area contributed by atoms with Crippen LogP contribution in [0.25, 0.3) is 0 Å². The van der Waals surface area contributed by atoms with Crippen molar-refractivity contribution in [2.45, 2.75) is 41.5 Å². The molecule has 0 atom stereocenters. The van der Waals surface area contributed by atoms with Crippen molar-refractivity contribution >= 4 is 23.2 Å². The summed E-state index contributed by atoms with van der Waals surface area (Å²) < 4.78 is 5.17. The van der Waals surface area contributed by atoms with Gasteiger partial charge in [-0.05, 0) is 53.7 Å². The summed E-state index contributed by atoms with van der Waals surface area (Å²) in [6.07, 6.45) is 0. The van der Waals surface area contributed by atoms with E-state index < -0.39 is 11.9 Å². The van der Waals surface area contributed by atoms with Crippen molar-refractivity contribution in [1.82, 2.24) is 0 Å². The summed E-state index contributed by atoms with van der Waals surface area (Å²) in [6.45, 7) is 10.3. The highest BCUT2D eigenvalue weighted by molar-refractivity contribution is 6.09. The number of nitrogens with zero attached hydrogens (tertiary/aromatic N) is 1. The van der Waals surface area contributed by atoms with E-state index in [0.717, 1.165) is 11.3 Å². The number of carbonyl (C=O) groups is 3. The zero-order valence-electron chi connectivity index (χ0n) is 16.2. The summed E-state index contributed by atoms with van der Waals surface area (Å²) in [5.41, 5.74) is 3.84. The zero-order valence-corrected chi connectivity index (χ0v) is 16.2. The molecule has 0 aliphatic carbocycles. The molecular formula is C21H25NO4. The molecule has 0 aromatic heterocycles. The predicted octanol–water partition coefficient (Wildman–Crippen LogP) is 3.72. The van der Waals surface area contributed by atoms with Crippen LogP contribution in [-0.2, 0) is 19.1 Å². The molecule has 1 aliphatic rings. The smallest absolute Gasteiger partial charge is 0.318 e. The number of carbonyl (C=O) groups excluding carboxylic acids is 3. The molecule has 0 fully saturated rings. The number of benzene rings is 1. The average molecular weight is 355 g/mol. The predicted molar refractivity (Wildman–Crippen MR) is 101 cm³/mol. The minimum absolute atomic E-state index is 0.186. The van der Waals surface area contributed by atoms with E-state index in [4.69, 9.17) is 4.74 Å².